The Morgan fingerprint density at radius 1 is 1.25 bits per heavy atom. The lowest BCUT2D eigenvalue weighted by Crippen LogP contribution is -2.39. The normalized spacial score (nSPS) is 13.6. The molecular weight excluding hydrogens is 206 g/mol. The number of carbonyl (C=O) groups excluding carboxylic acids is 1. The van der Waals surface area contributed by atoms with Gasteiger partial charge in [0.15, 0.2) is 0 Å². The van der Waals surface area contributed by atoms with Crippen molar-refractivity contribution in [2.24, 2.45) is 17.3 Å². The van der Waals surface area contributed by atoms with E-state index in [1.807, 2.05) is 0 Å². The Labute approximate surface area is 97.4 Å². The summed E-state index contributed by atoms with van der Waals surface area (Å²) in [6, 6.07) is 0. The molecule has 2 N–H and O–H groups in total. The smallest absolute Gasteiger partial charge is 0.316 e. The van der Waals surface area contributed by atoms with Gasteiger partial charge in [-0.2, -0.15) is 0 Å². The number of carbonyl (C=O) groups is 2. The van der Waals surface area contributed by atoms with Gasteiger partial charge in [-0.3, -0.25) is 9.59 Å². The van der Waals surface area contributed by atoms with Crippen LogP contribution in [0.1, 0.15) is 41.0 Å². The van der Waals surface area contributed by atoms with Crippen molar-refractivity contribution >= 4 is 11.9 Å². The van der Waals surface area contributed by atoms with Gasteiger partial charge in [0.05, 0.1) is 0 Å². The molecule has 0 radical (unpaired) electrons. The molecule has 0 aliphatic heterocycles. The number of carboxylic acids is 1. The van der Waals surface area contributed by atoms with Gasteiger partial charge >= 0.3 is 5.97 Å². The van der Waals surface area contributed by atoms with E-state index in [0.29, 0.717) is 6.54 Å². The molecule has 4 nitrogen and oxygen atoms in total. The minimum atomic E-state index is -1.05. The van der Waals surface area contributed by atoms with E-state index in [2.05, 4.69) is 26.1 Å². The highest BCUT2D eigenvalue weighted by atomic mass is 16.4. The van der Waals surface area contributed by atoms with Gasteiger partial charge in [0.1, 0.15) is 5.92 Å². The molecule has 0 bridgehead atoms. The highest BCUT2D eigenvalue weighted by Crippen LogP contribution is 2.17. The standard InChI is InChI=1S/C12H23NO3/c1-8(2)9(11(15)16)10(14)13-7-6-12(3,4)5/h8-9H,6-7H2,1-5H3,(H,13,14)(H,15,16). The molecule has 0 rings (SSSR count). The van der Waals surface area contributed by atoms with E-state index in [1.165, 1.54) is 0 Å². The molecular formula is C12H23NO3. The summed E-state index contributed by atoms with van der Waals surface area (Å²) in [7, 11) is 0. The van der Waals surface area contributed by atoms with Crippen molar-refractivity contribution in [3.8, 4) is 0 Å². The number of hydrogen-bond donors (Lipinski definition) is 2. The SMILES string of the molecule is CC(C)C(C(=O)O)C(=O)NCCC(C)(C)C. The Kier molecular flexibility index (Phi) is 5.48. The van der Waals surface area contributed by atoms with Gasteiger partial charge in [0.2, 0.25) is 5.91 Å². The van der Waals surface area contributed by atoms with Gasteiger partial charge in [0, 0.05) is 6.54 Å². The molecule has 0 aliphatic carbocycles. The maximum Gasteiger partial charge on any atom is 0.316 e. The van der Waals surface area contributed by atoms with E-state index < -0.39 is 11.9 Å². The first-order valence-electron chi connectivity index (χ1n) is 5.65. The lowest BCUT2D eigenvalue weighted by Gasteiger charge is -2.20. The highest BCUT2D eigenvalue weighted by molar-refractivity contribution is 5.97. The number of carboxylic acid groups (broad SMARTS) is 1. The fourth-order valence-corrected chi connectivity index (χ4v) is 1.37. The monoisotopic (exact) mass is 229 g/mol. The minimum Gasteiger partial charge on any atom is -0.481 e. The van der Waals surface area contributed by atoms with Gasteiger partial charge in [0.25, 0.3) is 0 Å². The second kappa shape index (κ2) is 5.87. The van der Waals surface area contributed by atoms with Gasteiger partial charge < -0.3 is 10.4 Å². The van der Waals surface area contributed by atoms with Crippen LogP contribution in [0.4, 0.5) is 0 Å². The fourth-order valence-electron chi connectivity index (χ4n) is 1.37. The molecule has 1 amide bonds. The molecule has 0 saturated carbocycles. The van der Waals surface area contributed by atoms with Crippen LogP contribution in [0.5, 0.6) is 0 Å². The van der Waals surface area contributed by atoms with Crippen LogP contribution in [0.3, 0.4) is 0 Å². The molecule has 0 fully saturated rings. The Hall–Kier alpha value is -1.06. The fraction of sp³-hybridized carbons (Fsp3) is 0.833. The number of amides is 1. The summed E-state index contributed by atoms with van der Waals surface area (Å²) in [5, 5.41) is 11.6. The van der Waals surface area contributed by atoms with Crippen molar-refractivity contribution in [2.75, 3.05) is 6.54 Å². The Morgan fingerprint density at radius 2 is 1.75 bits per heavy atom. The summed E-state index contributed by atoms with van der Waals surface area (Å²) >= 11 is 0. The summed E-state index contributed by atoms with van der Waals surface area (Å²) in [6.45, 7) is 10.2. The molecule has 0 aromatic rings. The van der Waals surface area contributed by atoms with Crippen LogP contribution in [0.2, 0.25) is 0 Å². The zero-order chi connectivity index (χ0) is 12.9. The molecule has 0 heterocycles. The average Bonchev–Trinajstić information content (AvgIpc) is 1.99. The van der Waals surface area contributed by atoms with E-state index in [-0.39, 0.29) is 17.2 Å². The average molecular weight is 229 g/mol. The van der Waals surface area contributed by atoms with Crippen molar-refractivity contribution in [3.05, 3.63) is 0 Å². The predicted octanol–water partition coefficient (Wildman–Crippen LogP) is 1.90. The second-order valence-corrected chi connectivity index (χ2v) is 5.66. The van der Waals surface area contributed by atoms with Gasteiger partial charge in [-0.05, 0) is 17.8 Å². The third-order valence-electron chi connectivity index (χ3n) is 2.39. The summed E-state index contributed by atoms with van der Waals surface area (Å²) in [5.41, 5.74) is 0.143. The van der Waals surface area contributed by atoms with Gasteiger partial charge in [-0.1, -0.05) is 34.6 Å². The molecule has 1 atom stereocenters. The molecule has 4 heteroatoms. The molecule has 0 spiro atoms. The number of hydrogen-bond acceptors (Lipinski definition) is 2. The van der Waals surface area contributed by atoms with E-state index in [1.54, 1.807) is 13.8 Å². The first-order valence-corrected chi connectivity index (χ1v) is 5.65. The lowest BCUT2D eigenvalue weighted by molar-refractivity contribution is -0.148. The van der Waals surface area contributed by atoms with E-state index in [9.17, 15) is 9.59 Å². The summed E-state index contributed by atoms with van der Waals surface area (Å²) in [5.74, 6) is -2.57. The maximum atomic E-state index is 11.6. The minimum absolute atomic E-state index is 0.143. The van der Waals surface area contributed by atoms with Gasteiger partial charge in [-0.15, -0.1) is 0 Å². The maximum absolute atomic E-state index is 11.6. The van der Waals surface area contributed by atoms with Crippen LogP contribution in [0.15, 0.2) is 0 Å². The Bertz CT molecular complexity index is 253. The predicted molar refractivity (Wildman–Crippen MR) is 63.0 cm³/mol. The summed E-state index contributed by atoms with van der Waals surface area (Å²) in [4.78, 5) is 22.5. The van der Waals surface area contributed by atoms with E-state index in [4.69, 9.17) is 5.11 Å². The first kappa shape index (κ1) is 14.9. The van der Waals surface area contributed by atoms with Crippen LogP contribution in [-0.4, -0.2) is 23.5 Å². The molecule has 1 unspecified atom stereocenters. The third-order valence-corrected chi connectivity index (χ3v) is 2.39. The lowest BCUT2D eigenvalue weighted by atomic mass is 9.91. The van der Waals surface area contributed by atoms with Crippen LogP contribution >= 0.6 is 0 Å². The molecule has 0 aromatic heterocycles. The van der Waals surface area contributed by atoms with Crippen LogP contribution < -0.4 is 5.32 Å². The second-order valence-electron chi connectivity index (χ2n) is 5.66. The van der Waals surface area contributed by atoms with Crippen molar-refractivity contribution in [1.82, 2.24) is 5.32 Å². The first-order chi connectivity index (χ1) is 7.15. The zero-order valence-electron chi connectivity index (χ0n) is 10.8. The largest absolute Gasteiger partial charge is 0.481 e. The molecule has 0 aromatic carbocycles. The van der Waals surface area contributed by atoms with Crippen LogP contribution in [0.25, 0.3) is 0 Å². The molecule has 0 saturated heterocycles. The topological polar surface area (TPSA) is 66.4 Å². The number of aliphatic carboxylic acids is 1. The summed E-state index contributed by atoms with van der Waals surface area (Å²) < 4.78 is 0. The van der Waals surface area contributed by atoms with Crippen molar-refractivity contribution in [2.45, 2.75) is 41.0 Å². The molecule has 16 heavy (non-hydrogen) atoms. The van der Waals surface area contributed by atoms with E-state index >= 15 is 0 Å². The molecule has 0 aliphatic rings. The quantitative estimate of drug-likeness (QED) is 0.707. The van der Waals surface area contributed by atoms with Crippen LogP contribution in [0, 0.1) is 17.3 Å². The number of rotatable bonds is 5. The van der Waals surface area contributed by atoms with Crippen molar-refractivity contribution in [1.29, 1.82) is 0 Å². The molecule has 94 valence electrons. The van der Waals surface area contributed by atoms with E-state index in [0.717, 1.165) is 6.42 Å². The Balaban J connectivity index is 4.18. The van der Waals surface area contributed by atoms with Crippen molar-refractivity contribution in [3.63, 3.8) is 0 Å². The highest BCUT2D eigenvalue weighted by Gasteiger charge is 2.29. The van der Waals surface area contributed by atoms with Crippen molar-refractivity contribution < 1.29 is 14.7 Å². The van der Waals surface area contributed by atoms with Crippen LogP contribution in [-0.2, 0) is 9.59 Å². The number of nitrogens with one attached hydrogen (secondary N) is 1. The zero-order valence-corrected chi connectivity index (χ0v) is 10.8. The van der Waals surface area contributed by atoms with Gasteiger partial charge in [-0.25, -0.2) is 0 Å². The third kappa shape index (κ3) is 5.73. The summed E-state index contributed by atoms with van der Waals surface area (Å²) in [6.07, 6.45) is 0.836. The Morgan fingerprint density at radius 3 is 2.06 bits per heavy atom.